The highest BCUT2D eigenvalue weighted by Gasteiger charge is 2.28. The Kier molecular flexibility index (Phi) is 4.08. The number of nitrogens with zero attached hydrogens (tertiary/aromatic N) is 2. The quantitative estimate of drug-likeness (QED) is 0.671. The molecule has 1 heterocycles. The molecule has 0 spiro atoms. The van der Waals surface area contributed by atoms with Gasteiger partial charge in [0.2, 0.25) is 0 Å². The van der Waals surface area contributed by atoms with E-state index in [1.807, 2.05) is 0 Å². The van der Waals surface area contributed by atoms with Crippen LogP contribution in [0.25, 0.3) is 0 Å². The van der Waals surface area contributed by atoms with Gasteiger partial charge in [0, 0.05) is 26.1 Å². The van der Waals surface area contributed by atoms with Crippen LogP contribution in [0, 0.1) is 5.92 Å². The van der Waals surface area contributed by atoms with Gasteiger partial charge >= 0.3 is 0 Å². The summed E-state index contributed by atoms with van der Waals surface area (Å²) in [5.41, 5.74) is 0. The molecule has 82 valence electrons. The van der Waals surface area contributed by atoms with Crippen LogP contribution in [0.5, 0.6) is 0 Å². The molecule has 1 aliphatic heterocycles. The van der Waals surface area contributed by atoms with Crippen LogP contribution in [0.3, 0.4) is 0 Å². The number of Topliss-reactive ketones (excluding diaryl/α,β-unsaturated/α-hetero) is 1. The van der Waals surface area contributed by atoms with E-state index in [2.05, 4.69) is 37.7 Å². The van der Waals surface area contributed by atoms with Gasteiger partial charge in [-0.1, -0.05) is 13.8 Å². The molecule has 0 aliphatic carbocycles. The number of likely N-dealkylation sites (N-methyl/N-ethyl adjacent to an activating group) is 2. The highest BCUT2D eigenvalue weighted by Crippen LogP contribution is 2.11. The molecule has 0 aromatic rings. The van der Waals surface area contributed by atoms with Gasteiger partial charge in [0.05, 0.1) is 6.04 Å². The lowest BCUT2D eigenvalue weighted by Gasteiger charge is -2.36. The van der Waals surface area contributed by atoms with Gasteiger partial charge in [0.15, 0.2) is 5.78 Å². The van der Waals surface area contributed by atoms with E-state index in [1.54, 1.807) is 0 Å². The summed E-state index contributed by atoms with van der Waals surface area (Å²) in [6.07, 6.45) is 0.711. The predicted molar refractivity (Wildman–Crippen MR) is 58.4 cm³/mol. The average Bonchev–Trinajstić information content (AvgIpc) is 2.08. The standard InChI is InChI=1S/C11H22N2O/c1-9(2)7-11(14)10-8-12(3)5-6-13(10)4/h9-10H,5-8H2,1-4H3. The van der Waals surface area contributed by atoms with Crippen molar-refractivity contribution in [1.29, 1.82) is 0 Å². The second-order valence-electron chi connectivity index (χ2n) is 4.82. The maximum atomic E-state index is 11.9. The molecule has 0 amide bonds. The number of piperazine rings is 1. The number of ketones is 1. The molecule has 1 saturated heterocycles. The van der Waals surface area contributed by atoms with Crippen molar-refractivity contribution < 1.29 is 4.79 Å². The minimum Gasteiger partial charge on any atom is -0.303 e. The normalized spacial score (nSPS) is 25.6. The molecule has 0 radical (unpaired) electrons. The molecule has 0 bridgehead atoms. The fourth-order valence-electron chi connectivity index (χ4n) is 1.90. The Morgan fingerprint density at radius 3 is 2.57 bits per heavy atom. The Bertz CT molecular complexity index is 203. The Balaban J connectivity index is 2.51. The summed E-state index contributed by atoms with van der Waals surface area (Å²) in [4.78, 5) is 16.3. The lowest BCUT2D eigenvalue weighted by atomic mass is 9.99. The first kappa shape index (κ1) is 11.7. The summed E-state index contributed by atoms with van der Waals surface area (Å²) in [6.45, 7) is 7.17. The zero-order valence-corrected chi connectivity index (χ0v) is 9.79. The lowest BCUT2D eigenvalue weighted by Crippen LogP contribution is -2.53. The van der Waals surface area contributed by atoms with Crippen LogP contribution in [0.2, 0.25) is 0 Å². The van der Waals surface area contributed by atoms with E-state index in [9.17, 15) is 4.79 Å². The molecule has 1 fully saturated rings. The van der Waals surface area contributed by atoms with Crippen LogP contribution in [-0.2, 0) is 4.79 Å². The maximum Gasteiger partial charge on any atom is 0.151 e. The number of carbonyl (C=O) groups is 1. The second kappa shape index (κ2) is 4.89. The molecule has 0 N–H and O–H groups in total. The van der Waals surface area contributed by atoms with E-state index < -0.39 is 0 Å². The maximum absolute atomic E-state index is 11.9. The van der Waals surface area contributed by atoms with Crippen molar-refractivity contribution in [3.63, 3.8) is 0 Å². The summed E-state index contributed by atoms with van der Waals surface area (Å²) in [5, 5.41) is 0. The highest BCUT2D eigenvalue weighted by molar-refractivity contribution is 5.84. The van der Waals surface area contributed by atoms with Gasteiger partial charge in [-0.05, 0) is 20.0 Å². The van der Waals surface area contributed by atoms with Crippen molar-refractivity contribution in [3.8, 4) is 0 Å². The van der Waals surface area contributed by atoms with Crippen LogP contribution >= 0.6 is 0 Å². The van der Waals surface area contributed by atoms with Crippen molar-refractivity contribution in [3.05, 3.63) is 0 Å². The third kappa shape index (κ3) is 3.07. The third-order valence-corrected chi connectivity index (χ3v) is 2.83. The third-order valence-electron chi connectivity index (χ3n) is 2.83. The fourth-order valence-corrected chi connectivity index (χ4v) is 1.90. The van der Waals surface area contributed by atoms with Gasteiger partial charge in [0.25, 0.3) is 0 Å². The van der Waals surface area contributed by atoms with Gasteiger partial charge in [-0.15, -0.1) is 0 Å². The summed E-state index contributed by atoms with van der Waals surface area (Å²) >= 11 is 0. The monoisotopic (exact) mass is 198 g/mol. The summed E-state index contributed by atoms with van der Waals surface area (Å²) < 4.78 is 0. The zero-order valence-electron chi connectivity index (χ0n) is 9.79. The summed E-state index contributed by atoms with van der Waals surface area (Å²) in [7, 11) is 4.14. The Morgan fingerprint density at radius 1 is 1.36 bits per heavy atom. The van der Waals surface area contributed by atoms with Crippen LogP contribution < -0.4 is 0 Å². The van der Waals surface area contributed by atoms with Gasteiger partial charge in [-0.2, -0.15) is 0 Å². The molecular formula is C11H22N2O. The van der Waals surface area contributed by atoms with Crippen LogP contribution in [0.1, 0.15) is 20.3 Å². The van der Waals surface area contributed by atoms with E-state index in [4.69, 9.17) is 0 Å². The Hall–Kier alpha value is -0.410. The summed E-state index contributed by atoms with van der Waals surface area (Å²) in [6, 6.07) is 0.121. The number of hydrogen-bond acceptors (Lipinski definition) is 3. The first-order valence-electron chi connectivity index (χ1n) is 5.42. The fraction of sp³-hybridized carbons (Fsp3) is 0.909. The van der Waals surface area contributed by atoms with Gasteiger partial charge in [-0.25, -0.2) is 0 Å². The predicted octanol–water partition coefficient (Wildman–Crippen LogP) is 0.847. The van der Waals surface area contributed by atoms with E-state index >= 15 is 0 Å². The molecule has 1 rings (SSSR count). The van der Waals surface area contributed by atoms with Crippen molar-refractivity contribution in [1.82, 2.24) is 9.80 Å². The molecular weight excluding hydrogens is 176 g/mol. The summed E-state index contributed by atoms with van der Waals surface area (Å²) in [5.74, 6) is 0.872. The average molecular weight is 198 g/mol. The van der Waals surface area contributed by atoms with E-state index in [0.717, 1.165) is 19.6 Å². The minimum absolute atomic E-state index is 0.121. The number of rotatable bonds is 3. The molecule has 1 aliphatic rings. The molecule has 1 unspecified atom stereocenters. The van der Waals surface area contributed by atoms with Crippen molar-refractivity contribution >= 4 is 5.78 Å². The smallest absolute Gasteiger partial charge is 0.151 e. The van der Waals surface area contributed by atoms with Crippen LogP contribution in [0.4, 0.5) is 0 Å². The SMILES string of the molecule is CC(C)CC(=O)C1CN(C)CCN1C. The molecule has 3 heteroatoms. The van der Waals surface area contributed by atoms with Crippen molar-refractivity contribution in [2.75, 3.05) is 33.7 Å². The Labute approximate surface area is 87.1 Å². The largest absolute Gasteiger partial charge is 0.303 e. The minimum atomic E-state index is 0.121. The molecule has 0 aromatic heterocycles. The number of carbonyl (C=O) groups excluding carboxylic acids is 1. The molecule has 14 heavy (non-hydrogen) atoms. The van der Waals surface area contributed by atoms with Crippen molar-refractivity contribution in [2.45, 2.75) is 26.3 Å². The van der Waals surface area contributed by atoms with Gasteiger partial charge in [-0.3, -0.25) is 9.69 Å². The first-order chi connectivity index (χ1) is 6.50. The topological polar surface area (TPSA) is 23.6 Å². The molecule has 1 atom stereocenters. The zero-order chi connectivity index (χ0) is 10.7. The van der Waals surface area contributed by atoms with Crippen molar-refractivity contribution in [2.24, 2.45) is 5.92 Å². The van der Waals surface area contributed by atoms with E-state index in [1.165, 1.54) is 0 Å². The highest BCUT2D eigenvalue weighted by atomic mass is 16.1. The molecule has 0 aromatic carbocycles. The lowest BCUT2D eigenvalue weighted by molar-refractivity contribution is -0.126. The Morgan fingerprint density at radius 2 is 2.00 bits per heavy atom. The van der Waals surface area contributed by atoms with Crippen LogP contribution in [-0.4, -0.2) is 55.4 Å². The van der Waals surface area contributed by atoms with Crippen LogP contribution in [0.15, 0.2) is 0 Å². The molecule has 0 saturated carbocycles. The second-order valence-corrected chi connectivity index (χ2v) is 4.82. The first-order valence-corrected chi connectivity index (χ1v) is 5.42. The molecule has 3 nitrogen and oxygen atoms in total. The number of hydrogen-bond donors (Lipinski definition) is 0. The van der Waals surface area contributed by atoms with Gasteiger partial charge in [0.1, 0.15) is 0 Å². The van der Waals surface area contributed by atoms with E-state index in [-0.39, 0.29) is 6.04 Å². The van der Waals surface area contributed by atoms with E-state index in [0.29, 0.717) is 18.1 Å². The van der Waals surface area contributed by atoms with Gasteiger partial charge < -0.3 is 4.90 Å².